The van der Waals surface area contributed by atoms with Crippen LogP contribution in [0.4, 0.5) is 0 Å². The van der Waals surface area contributed by atoms with Crippen molar-refractivity contribution in [3.05, 3.63) is 113 Å². The van der Waals surface area contributed by atoms with Crippen molar-refractivity contribution in [3.8, 4) is 50.6 Å². The van der Waals surface area contributed by atoms with Crippen molar-refractivity contribution in [2.45, 2.75) is 85.4 Å². The Morgan fingerprint density at radius 3 is 1.86 bits per heavy atom. The van der Waals surface area contributed by atoms with Gasteiger partial charge in [0.15, 0.2) is 0 Å². The van der Waals surface area contributed by atoms with E-state index in [1.165, 1.54) is 0 Å². The molecule has 0 radical (unpaired) electrons. The fourth-order valence-electron chi connectivity index (χ4n) is 5.39. The molecule has 0 aliphatic heterocycles. The molecule has 3 aromatic carbocycles. The van der Waals surface area contributed by atoms with Gasteiger partial charge in [-0.3, -0.25) is 4.98 Å². The highest BCUT2D eigenvalue weighted by molar-refractivity contribution is 5.78. The topological polar surface area (TPSA) is 46.0 Å². The first kappa shape index (κ1) is 27.3. The molecule has 2 heterocycles. The second-order valence-electron chi connectivity index (χ2n) is 14.9. The van der Waals surface area contributed by atoms with Crippen molar-refractivity contribution in [2.75, 3.05) is 0 Å². The van der Waals surface area contributed by atoms with Gasteiger partial charge in [0.2, 0.25) is 0 Å². The maximum Gasteiger partial charge on any atom is 0.128 e. The average molecular weight is 586 g/mol. The number of phenolic OH excluding ortho intramolecular Hbond substituents is 1. The molecule has 0 amide bonds. The number of rotatable bonds is 4. The Morgan fingerprint density at radius 1 is 0.568 bits per heavy atom. The molecule has 0 saturated heterocycles. The van der Waals surface area contributed by atoms with Gasteiger partial charge >= 0.3 is 0 Å². The lowest BCUT2D eigenvalue weighted by molar-refractivity contribution is 0.446. The number of aromatic hydroxyl groups is 1. The molecular formula is C41H46N2O. The molecule has 3 nitrogen and oxygen atoms in total. The lowest BCUT2D eigenvalue weighted by Crippen LogP contribution is -2.17. The second kappa shape index (κ2) is 11.4. The van der Waals surface area contributed by atoms with Crippen molar-refractivity contribution < 1.29 is 9.22 Å². The first-order chi connectivity index (χ1) is 21.7. The van der Waals surface area contributed by atoms with E-state index in [0.29, 0.717) is 28.2 Å². The highest BCUT2D eigenvalue weighted by Gasteiger charge is 2.27. The Labute approximate surface area is 268 Å². The number of hydrogen-bond acceptors (Lipinski definition) is 3. The molecule has 1 N–H and O–H groups in total. The van der Waals surface area contributed by atoms with Gasteiger partial charge in [-0.05, 0) is 87.3 Å². The van der Waals surface area contributed by atoms with Crippen LogP contribution in [0.25, 0.3) is 44.9 Å². The molecule has 0 saturated carbocycles. The summed E-state index contributed by atoms with van der Waals surface area (Å²) < 4.78 is 25.0. The molecule has 0 aliphatic carbocycles. The smallest absolute Gasteiger partial charge is 0.128 e. The van der Waals surface area contributed by atoms with Crippen molar-refractivity contribution in [2.24, 2.45) is 0 Å². The number of nitrogens with zero attached hydrogens (tertiary/aromatic N) is 2. The van der Waals surface area contributed by atoms with E-state index in [-0.39, 0.29) is 27.6 Å². The van der Waals surface area contributed by atoms with E-state index < -0.39 is 6.85 Å². The molecule has 0 bridgehead atoms. The maximum absolute atomic E-state index is 11.8. The van der Waals surface area contributed by atoms with Crippen molar-refractivity contribution in [3.63, 3.8) is 0 Å². The third kappa shape index (κ3) is 6.48. The average Bonchev–Trinajstić information content (AvgIpc) is 2.99. The Morgan fingerprint density at radius 2 is 1.23 bits per heavy atom. The molecule has 0 fully saturated rings. The van der Waals surface area contributed by atoms with Crippen LogP contribution in [-0.4, -0.2) is 15.1 Å². The van der Waals surface area contributed by atoms with E-state index in [4.69, 9.17) is 9.10 Å². The van der Waals surface area contributed by atoms with Gasteiger partial charge in [0, 0.05) is 32.6 Å². The van der Waals surface area contributed by atoms with Gasteiger partial charge in [0.05, 0.1) is 17.1 Å². The van der Waals surface area contributed by atoms with Crippen LogP contribution in [0.1, 0.15) is 88.7 Å². The third-order valence-corrected chi connectivity index (χ3v) is 8.21. The van der Waals surface area contributed by atoms with Crippen LogP contribution in [-0.2, 0) is 16.2 Å². The first-order valence-corrected chi connectivity index (χ1v) is 15.3. The lowest BCUT2D eigenvalue weighted by atomic mass is 9.78. The zero-order chi connectivity index (χ0) is 34.5. The summed E-state index contributed by atoms with van der Waals surface area (Å²) in [5.41, 5.74) is 8.56. The number of aryl methyl sites for hydroxylation is 1. The highest BCUT2D eigenvalue weighted by atomic mass is 16.3. The molecule has 226 valence electrons. The quantitative estimate of drug-likeness (QED) is 0.228. The summed E-state index contributed by atoms with van der Waals surface area (Å²) in [6.07, 6.45) is 1.72. The van der Waals surface area contributed by atoms with Crippen LogP contribution < -0.4 is 0 Å². The zero-order valence-corrected chi connectivity index (χ0v) is 27.5. The highest BCUT2D eigenvalue weighted by Crippen LogP contribution is 2.43. The van der Waals surface area contributed by atoms with E-state index in [9.17, 15) is 5.11 Å². The fourth-order valence-corrected chi connectivity index (χ4v) is 5.39. The zero-order valence-electron chi connectivity index (χ0n) is 30.5. The molecule has 0 atom stereocenters. The van der Waals surface area contributed by atoms with E-state index in [2.05, 4.69) is 91.6 Å². The van der Waals surface area contributed by atoms with Crippen LogP contribution >= 0.6 is 0 Å². The largest absolute Gasteiger partial charge is 0.507 e. The molecule has 5 aromatic rings. The predicted molar refractivity (Wildman–Crippen MR) is 186 cm³/mol. The second-order valence-corrected chi connectivity index (χ2v) is 14.9. The lowest BCUT2D eigenvalue weighted by Gasteiger charge is -2.28. The summed E-state index contributed by atoms with van der Waals surface area (Å²) in [5, 5.41) is 11.8. The van der Waals surface area contributed by atoms with Crippen LogP contribution in [0.2, 0.25) is 0 Å². The number of benzene rings is 3. The van der Waals surface area contributed by atoms with Crippen molar-refractivity contribution in [1.29, 1.82) is 0 Å². The molecule has 0 aliphatic rings. The Hall–Kier alpha value is -4.24. The summed E-state index contributed by atoms with van der Waals surface area (Å²) in [7, 11) is 0. The van der Waals surface area contributed by atoms with Gasteiger partial charge < -0.3 is 5.11 Å². The maximum atomic E-state index is 11.8. The molecule has 44 heavy (non-hydrogen) atoms. The van der Waals surface area contributed by atoms with Crippen molar-refractivity contribution >= 4 is 0 Å². The van der Waals surface area contributed by atoms with E-state index in [0.717, 1.165) is 33.4 Å². The number of aromatic nitrogens is 2. The van der Waals surface area contributed by atoms with Gasteiger partial charge in [-0.25, -0.2) is 4.98 Å². The number of phenols is 1. The summed E-state index contributed by atoms with van der Waals surface area (Å²) in [4.78, 5) is 9.80. The van der Waals surface area contributed by atoms with E-state index in [1.54, 1.807) is 12.3 Å². The molecular weight excluding hydrogens is 536 g/mol. The van der Waals surface area contributed by atoms with Gasteiger partial charge in [-0.2, -0.15) is 0 Å². The fraction of sp³-hybridized carbons (Fsp3) is 0.317. The summed E-state index contributed by atoms with van der Waals surface area (Å²) in [6, 6.07) is 27.6. The van der Waals surface area contributed by atoms with Crippen molar-refractivity contribution in [1.82, 2.24) is 9.97 Å². The van der Waals surface area contributed by atoms with Crippen LogP contribution in [0.5, 0.6) is 5.75 Å². The molecule has 5 rings (SSSR count). The van der Waals surface area contributed by atoms with Gasteiger partial charge in [0.25, 0.3) is 0 Å². The summed E-state index contributed by atoms with van der Waals surface area (Å²) in [5.74, 6) is 0.232. The first-order valence-electron chi connectivity index (χ1n) is 16.8. The summed E-state index contributed by atoms with van der Waals surface area (Å²) >= 11 is 0. The Bertz CT molecular complexity index is 1920. The summed E-state index contributed by atoms with van der Waals surface area (Å²) in [6.45, 7) is 17.0. The molecule has 2 aromatic heterocycles. The van der Waals surface area contributed by atoms with Gasteiger partial charge in [-0.15, -0.1) is 0 Å². The van der Waals surface area contributed by atoms with E-state index in [1.807, 2.05) is 54.6 Å². The monoisotopic (exact) mass is 585 g/mol. The molecule has 0 spiro atoms. The Kier molecular flexibility index (Phi) is 7.05. The van der Waals surface area contributed by atoms with Gasteiger partial charge in [0.1, 0.15) is 5.75 Å². The Balaban J connectivity index is 1.76. The predicted octanol–water partition coefficient (Wildman–Crippen LogP) is 11.1. The van der Waals surface area contributed by atoms with Gasteiger partial charge in [-0.1, -0.05) is 111 Å². The SMILES string of the molecule is [2H]C([2H])([2H])c1ccc(-c2cc(C(C)(C)C)cc(-c3cc(C(C)(C)C)cc(C(C)(C)C)c3O)n2)cc1-c1cc(-c2ccccc2)ccn1. The van der Waals surface area contributed by atoms with E-state index >= 15 is 0 Å². The standard InChI is InChI=1S/C41H46N2O/c1-26-16-17-29(20-32(26)36-21-28(18-19-42-36)27-14-12-11-13-15-27)35-24-31(40(5,6)7)25-37(43-35)33-22-30(39(2,3)4)23-34(38(33)44)41(8,9)10/h11-25,44H,1-10H3/i1D3. The van der Waals surface area contributed by atoms with Crippen LogP contribution in [0, 0.1) is 6.85 Å². The normalized spacial score (nSPS) is 13.7. The minimum absolute atomic E-state index is 0.145. The molecule has 0 unspecified atom stereocenters. The van der Waals surface area contributed by atoms with Crippen LogP contribution in [0.3, 0.4) is 0 Å². The third-order valence-electron chi connectivity index (χ3n) is 8.21. The molecule has 3 heteroatoms. The minimum Gasteiger partial charge on any atom is -0.507 e. The van der Waals surface area contributed by atoms with Crippen LogP contribution in [0.15, 0.2) is 91.1 Å². The number of pyridine rings is 2. The minimum atomic E-state index is -2.34. The number of hydrogen-bond donors (Lipinski definition) is 1.